The average Bonchev–Trinajstić information content (AvgIpc) is 2.48. The van der Waals surface area contributed by atoms with Crippen molar-refractivity contribution < 1.29 is 19.4 Å². The molecule has 0 atom stereocenters. The number of nitrogens with zero attached hydrogens (tertiary/aromatic N) is 1. The van der Waals surface area contributed by atoms with Gasteiger partial charge in [0.2, 0.25) is 0 Å². The number of benzene rings is 1. The number of ether oxygens (including phenoxy) is 2. The summed E-state index contributed by atoms with van der Waals surface area (Å²) >= 11 is 0. The topological polar surface area (TPSA) is 59.0 Å². The molecule has 0 aromatic heterocycles. The highest BCUT2D eigenvalue weighted by atomic mass is 16.5. The lowest BCUT2D eigenvalue weighted by Crippen LogP contribution is -2.35. The van der Waals surface area contributed by atoms with Crippen molar-refractivity contribution in [3.8, 4) is 11.5 Å². The van der Waals surface area contributed by atoms with Gasteiger partial charge in [0.25, 0.3) is 0 Å². The van der Waals surface area contributed by atoms with Gasteiger partial charge in [-0.3, -0.25) is 4.79 Å². The Hall–Kier alpha value is -1.75. The molecule has 1 aromatic rings. The number of carboxylic acid groups (broad SMARTS) is 1. The van der Waals surface area contributed by atoms with Crippen molar-refractivity contribution in [2.75, 3.05) is 27.2 Å². The first-order chi connectivity index (χ1) is 10.8. The molecule has 0 spiro atoms. The van der Waals surface area contributed by atoms with Crippen molar-refractivity contribution in [1.29, 1.82) is 0 Å². The highest BCUT2D eigenvalue weighted by Crippen LogP contribution is 2.36. The number of hydrogen-bond acceptors (Lipinski definition) is 4. The third-order valence-corrected chi connectivity index (χ3v) is 4.50. The molecule has 1 heterocycles. The zero-order valence-electron chi connectivity index (χ0n) is 14.5. The predicted molar refractivity (Wildman–Crippen MR) is 89.4 cm³/mol. The van der Waals surface area contributed by atoms with Gasteiger partial charge in [-0.25, -0.2) is 0 Å². The maximum absolute atomic E-state index is 11.0. The molecule has 5 heteroatoms. The molecule has 0 amide bonds. The molecule has 0 aliphatic carbocycles. The molecule has 128 valence electrons. The van der Waals surface area contributed by atoms with Crippen molar-refractivity contribution in [2.45, 2.75) is 44.6 Å². The van der Waals surface area contributed by atoms with Crippen LogP contribution in [0.15, 0.2) is 18.2 Å². The Morgan fingerprint density at radius 3 is 2.52 bits per heavy atom. The first kappa shape index (κ1) is 17.6. The highest BCUT2D eigenvalue weighted by Gasteiger charge is 2.26. The van der Waals surface area contributed by atoms with Crippen LogP contribution in [0.4, 0.5) is 0 Å². The van der Waals surface area contributed by atoms with E-state index in [4.69, 9.17) is 14.6 Å². The van der Waals surface area contributed by atoms with Gasteiger partial charge in [-0.05, 0) is 37.6 Å². The molecule has 1 aliphatic rings. The smallest absolute Gasteiger partial charge is 0.304 e. The summed E-state index contributed by atoms with van der Waals surface area (Å²) < 4.78 is 11.6. The van der Waals surface area contributed by atoms with Gasteiger partial charge in [0.05, 0.1) is 13.5 Å². The second-order valence-corrected chi connectivity index (χ2v) is 6.94. The van der Waals surface area contributed by atoms with E-state index in [1.54, 1.807) is 7.11 Å². The molecule has 23 heavy (non-hydrogen) atoms. The summed E-state index contributed by atoms with van der Waals surface area (Å²) in [5.41, 5.74) is 0.484. The fourth-order valence-electron chi connectivity index (χ4n) is 2.95. The molecule has 0 saturated carbocycles. The van der Waals surface area contributed by atoms with Crippen molar-refractivity contribution >= 4 is 5.97 Å². The number of likely N-dealkylation sites (tertiary alicyclic amines) is 1. The summed E-state index contributed by atoms with van der Waals surface area (Å²) in [7, 11) is 3.74. The van der Waals surface area contributed by atoms with E-state index in [0.717, 1.165) is 37.2 Å². The molecule has 5 nitrogen and oxygen atoms in total. The molecule has 1 N–H and O–H groups in total. The molecule has 0 unspecified atom stereocenters. The molecule has 0 radical (unpaired) electrons. The Morgan fingerprint density at radius 1 is 1.30 bits per heavy atom. The average molecular weight is 321 g/mol. The van der Waals surface area contributed by atoms with Crippen molar-refractivity contribution in [1.82, 2.24) is 4.90 Å². The van der Waals surface area contributed by atoms with E-state index in [-0.39, 0.29) is 12.5 Å². The Kier molecular flexibility index (Phi) is 5.52. The monoisotopic (exact) mass is 321 g/mol. The Labute approximate surface area is 138 Å². The lowest BCUT2D eigenvalue weighted by atomic mass is 9.81. The first-order valence-corrected chi connectivity index (χ1v) is 8.07. The molecular formula is C18H27NO4. The van der Waals surface area contributed by atoms with Gasteiger partial charge in [-0.1, -0.05) is 19.9 Å². The van der Waals surface area contributed by atoms with E-state index in [9.17, 15) is 4.79 Å². The van der Waals surface area contributed by atoms with Crippen LogP contribution in [0.1, 0.15) is 38.7 Å². The van der Waals surface area contributed by atoms with E-state index in [0.29, 0.717) is 5.75 Å². The van der Waals surface area contributed by atoms with E-state index in [1.165, 1.54) is 0 Å². The van der Waals surface area contributed by atoms with Gasteiger partial charge in [0.15, 0.2) is 11.5 Å². The standard InChI is InChI=1S/C18H27NO4/c1-18(2,12-17(20)21)13-5-6-15(16(11-13)22-4)23-14-7-9-19(3)10-8-14/h5-6,11,14H,7-10,12H2,1-4H3,(H,20,21). The van der Waals surface area contributed by atoms with E-state index in [1.807, 2.05) is 32.0 Å². The van der Waals surface area contributed by atoms with Crippen LogP contribution in [-0.4, -0.2) is 49.3 Å². The summed E-state index contributed by atoms with van der Waals surface area (Å²) in [6.07, 6.45) is 2.29. The van der Waals surface area contributed by atoms with E-state index in [2.05, 4.69) is 11.9 Å². The molecule has 1 aliphatic heterocycles. The molecule has 1 saturated heterocycles. The maximum atomic E-state index is 11.0. The van der Waals surface area contributed by atoms with Crippen LogP contribution in [0.2, 0.25) is 0 Å². The second kappa shape index (κ2) is 7.21. The quantitative estimate of drug-likeness (QED) is 0.873. The van der Waals surface area contributed by atoms with E-state index >= 15 is 0 Å². The van der Waals surface area contributed by atoms with Crippen LogP contribution in [0, 0.1) is 0 Å². The van der Waals surface area contributed by atoms with Gasteiger partial charge in [0, 0.05) is 18.5 Å². The molecule has 2 rings (SSSR count). The van der Waals surface area contributed by atoms with Gasteiger partial charge in [-0.2, -0.15) is 0 Å². The number of carboxylic acids is 1. The van der Waals surface area contributed by atoms with Gasteiger partial charge < -0.3 is 19.5 Å². The summed E-state index contributed by atoms with van der Waals surface area (Å²) in [4.78, 5) is 13.3. The van der Waals surface area contributed by atoms with Crippen molar-refractivity contribution in [3.05, 3.63) is 23.8 Å². The molecule has 1 fully saturated rings. The largest absolute Gasteiger partial charge is 0.493 e. The fraction of sp³-hybridized carbons (Fsp3) is 0.611. The SMILES string of the molecule is COc1cc(C(C)(C)CC(=O)O)ccc1OC1CCN(C)CC1. The lowest BCUT2D eigenvalue weighted by molar-refractivity contribution is -0.138. The van der Waals surface area contributed by atoms with Crippen LogP contribution >= 0.6 is 0 Å². The zero-order chi connectivity index (χ0) is 17.0. The van der Waals surface area contributed by atoms with Crippen LogP contribution in [-0.2, 0) is 10.2 Å². The minimum Gasteiger partial charge on any atom is -0.493 e. The Bertz CT molecular complexity index is 548. The van der Waals surface area contributed by atoms with Crippen molar-refractivity contribution in [3.63, 3.8) is 0 Å². The Morgan fingerprint density at radius 2 is 1.96 bits per heavy atom. The van der Waals surface area contributed by atoms with Crippen molar-refractivity contribution in [2.24, 2.45) is 0 Å². The number of aliphatic carboxylic acids is 1. The molecular weight excluding hydrogens is 294 g/mol. The summed E-state index contributed by atoms with van der Waals surface area (Å²) in [5.74, 6) is 0.595. The lowest BCUT2D eigenvalue weighted by Gasteiger charge is -2.30. The molecule has 0 bridgehead atoms. The fourth-order valence-corrected chi connectivity index (χ4v) is 2.95. The Balaban J connectivity index is 2.14. The summed E-state index contributed by atoms with van der Waals surface area (Å²) in [6.45, 7) is 5.92. The number of piperidine rings is 1. The van der Waals surface area contributed by atoms with Crippen LogP contribution in [0.3, 0.4) is 0 Å². The normalized spacial score (nSPS) is 17.0. The predicted octanol–water partition coefficient (Wildman–Crippen LogP) is 2.92. The summed E-state index contributed by atoms with van der Waals surface area (Å²) in [5, 5.41) is 9.07. The van der Waals surface area contributed by atoms with Crippen LogP contribution in [0.5, 0.6) is 11.5 Å². The third kappa shape index (κ3) is 4.61. The van der Waals surface area contributed by atoms with Crippen LogP contribution in [0.25, 0.3) is 0 Å². The zero-order valence-corrected chi connectivity index (χ0v) is 14.5. The second-order valence-electron chi connectivity index (χ2n) is 6.94. The molecule has 1 aromatic carbocycles. The van der Waals surface area contributed by atoms with Gasteiger partial charge in [-0.15, -0.1) is 0 Å². The minimum atomic E-state index is -0.805. The maximum Gasteiger partial charge on any atom is 0.304 e. The number of rotatable bonds is 6. The van der Waals surface area contributed by atoms with Gasteiger partial charge >= 0.3 is 5.97 Å². The number of methoxy groups -OCH3 is 1. The summed E-state index contributed by atoms with van der Waals surface area (Å²) in [6, 6.07) is 5.74. The van der Waals surface area contributed by atoms with Gasteiger partial charge in [0.1, 0.15) is 6.10 Å². The number of hydrogen-bond donors (Lipinski definition) is 1. The van der Waals surface area contributed by atoms with E-state index < -0.39 is 11.4 Å². The van der Waals surface area contributed by atoms with Crippen LogP contribution < -0.4 is 9.47 Å². The highest BCUT2D eigenvalue weighted by molar-refractivity contribution is 5.69. The number of carbonyl (C=O) groups is 1. The first-order valence-electron chi connectivity index (χ1n) is 8.07. The minimum absolute atomic E-state index is 0.0747. The third-order valence-electron chi connectivity index (χ3n) is 4.50.